The predicted molar refractivity (Wildman–Crippen MR) is 97.9 cm³/mol. The van der Waals surface area contributed by atoms with Gasteiger partial charge in [-0.05, 0) is 0 Å². The second kappa shape index (κ2) is 5.68. The Labute approximate surface area is 132 Å². The number of hydrogen-bond donors (Lipinski definition) is 1. The second-order valence-corrected chi connectivity index (χ2v) is 10.3. The fourth-order valence-corrected chi connectivity index (χ4v) is 7.68. The van der Waals surface area contributed by atoms with E-state index in [1.54, 1.807) is 0 Å². The zero-order valence-electron chi connectivity index (χ0n) is 12.8. The quantitative estimate of drug-likeness (QED) is 0.732. The molecule has 0 aromatic heterocycles. The fraction of sp³-hybridized carbons (Fsp3) is 0.100. The van der Waals surface area contributed by atoms with Crippen molar-refractivity contribution < 1.29 is 4.89 Å². The SMILES string of the molecule is CCP(O)(c1ccccc1)(c1ccccc1)c1ccccc1. The van der Waals surface area contributed by atoms with Gasteiger partial charge in [-0.3, -0.25) is 0 Å². The van der Waals surface area contributed by atoms with E-state index in [4.69, 9.17) is 0 Å². The normalized spacial score (nSPS) is 13.3. The van der Waals surface area contributed by atoms with E-state index in [2.05, 4.69) is 43.3 Å². The molecule has 1 N–H and O–H groups in total. The van der Waals surface area contributed by atoms with Gasteiger partial charge in [-0.1, -0.05) is 0 Å². The van der Waals surface area contributed by atoms with Crippen molar-refractivity contribution in [1.82, 2.24) is 0 Å². The molecule has 3 rings (SSSR count). The maximum atomic E-state index is 12.3. The molecule has 3 aromatic rings. The van der Waals surface area contributed by atoms with Gasteiger partial charge in [0, 0.05) is 0 Å². The number of rotatable bonds is 4. The Morgan fingerprint density at radius 1 is 0.591 bits per heavy atom. The summed E-state index contributed by atoms with van der Waals surface area (Å²) in [4.78, 5) is 12.3. The predicted octanol–water partition coefficient (Wildman–Crippen LogP) is 3.44. The molecule has 0 atom stereocenters. The molecule has 0 aliphatic rings. The third kappa shape index (κ3) is 2.09. The van der Waals surface area contributed by atoms with Gasteiger partial charge < -0.3 is 0 Å². The molecule has 0 aliphatic heterocycles. The van der Waals surface area contributed by atoms with Crippen LogP contribution in [0.25, 0.3) is 0 Å². The Hall–Kier alpha value is -1.95. The standard InChI is InChI=1S/C20H21OP/c1-2-22(21,18-12-6-3-7-13-18,19-14-8-4-9-15-19)20-16-10-5-11-17-20/h3-17,21H,2H2,1H3. The average Bonchev–Trinajstić information content (AvgIpc) is 2.63. The molecule has 2 heteroatoms. The van der Waals surface area contributed by atoms with Crippen molar-refractivity contribution in [3.05, 3.63) is 91.0 Å². The van der Waals surface area contributed by atoms with E-state index in [1.165, 1.54) is 0 Å². The topological polar surface area (TPSA) is 20.2 Å². The molecule has 0 saturated carbocycles. The van der Waals surface area contributed by atoms with Crippen molar-refractivity contribution in [2.45, 2.75) is 6.92 Å². The van der Waals surface area contributed by atoms with Crippen LogP contribution >= 0.6 is 6.83 Å². The molecule has 0 radical (unpaired) electrons. The molecule has 0 bridgehead atoms. The molecule has 0 fully saturated rings. The van der Waals surface area contributed by atoms with Gasteiger partial charge in [0.15, 0.2) is 0 Å². The van der Waals surface area contributed by atoms with Crippen molar-refractivity contribution >= 4 is 22.7 Å². The summed E-state index contributed by atoms with van der Waals surface area (Å²) in [6, 6.07) is 30.4. The summed E-state index contributed by atoms with van der Waals surface area (Å²) in [6.45, 7) is -1.31. The number of hydrogen-bond acceptors (Lipinski definition) is 1. The molecule has 0 saturated heterocycles. The van der Waals surface area contributed by atoms with E-state index in [-0.39, 0.29) is 0 Å². The Morgan fingerprint density at radius 2 is 0.864 bits per heavy atom. The molecule has 0 heterocycles. The first kappa shape index (κ1) is 15.0. The third-order valence-electron chi connectivity index (χ3n) is 4.55. The van der Waals surface area contributed by atoms with E-state index in [0.29, 0.717) is 6.16 Å². The summed E-state index contributed by atoms with van der Waals surface area (Å²) in [6.07, 6.45) is 0.684. The molecule has 22 heavy (non-hydrogen) atoms. The van der Waals surface area contributed by atoms with Crippen LogP contribution < -0.4 is 15.9 Å². The summed E-state index contributed by atoms with van der Waals surface area (Å²) >= 11 is 0. The minimum atomic E-state index is -3.40. The van der Waals surface area contributed by atoms with Gasteiger partial charge in [0.1, 0.15) is 0 Å². The Kier molecular flexibility index (Phi) is 3.87. The average molecular weight is 308 g/mol. The molecular formula is C20H21OP. The van der Waals surface area contributed by atoms with Gasteiger partial charge in [-0.25, -0.2) is 0 Å². The van der Waals surface area contributed by atoms with Gasteiger partial charge in [0.25, 0.3) is 0 Å². The fourth-order valence-electron chi connectivity index (χ4n) is 3.24. The Morgan fingerprint density at radius 3 is 1.09 bits per heavy atom. The van der Waals surface area contributed by atoms with Gasteiger partial charge >= 0.3 is 132 Å². The maximum absolute atomic E-state index is 12.3. The molecule has 1 nitrogen and oxygen atoms in total. The van der Waals surface area contributed by atoms with Crippen LogP contribution in [0.4, 0.5) is 0 Å². The second-order valence-electron chi connectivity index (χ2n) is 5.57. The van der Waals surface area contributed by atoms with Crippen LogP contribution in [0.2, 0.25) is 0 Å². The first-order valence-corrected chi connectivity index (χ1v) is 10.0. The van der Waals surface area contributed by atoms with E-state index >= 15 is 0 Å². The molecule has 0 unspecified atom stereocenters. The minimum absolute atomic E-state index is 0.684. The van der Waals surface area contributed by atoms with Gasteiger partial charge in [0.05, 0.1) is 0 Å². The summed E-state index contributed by atoms with van der Waals surface area (Å²) in [7, 11) is 0. The van der Waals surface area contributed by atoms with E-state index in [0.717, 1.165) is 15.9 Å². The zero-order chi connectivity index (χ0) is 15.5. The molecule has 0 aliphatic carbocycles. The van der Waals surface area contributed by atoms with Crippen LogP contribution in [0.5, 0.6) is 0 Å². The van der Waals surface area contributed by atoms with Crippen LogP contribution in [0.1, 0.15) is 6.92 Å². The molecule has 0 spiro atoms. The first-order valence-electron chi connectivity index (χ1n) is 7.63. The van der Waals surface area contributed by atoms with Crippen LogP contribution in [-0.4, -0.2) is 11.1 Å². The van der Waals surface area contributed by atoms with Crippen LogP contribution in [-0.2, 0) is 0 Å². The molecule has 3 aromatic carbocycles. The van der Waals surface area contributed by atoms with E-state index in [9.17, 15) is 4.89 Å². The summed E-state index contributed by atoms with van der Waals surface area (Å²) < 4.78 is 0. The Balaban J connectivity index is 2.41. The van der Waals surface area contributed by atoms with E-state index in [1.807, 2.05) is 54.6 Å². The molecule has 112 valence electrons. The van der Waals surface area contributed by atoms with Crippen molar-refractivity contribution in [2.75, 3.05) is 6.16 Å². The Bertz CT molecular complexity index is 639. The van der Waals surface area contributed by atoms with Gasteiger partial charge in [-0.2, -0.15) is 0 Å². The summed E-state index contributed by atoms with van der Waals surface area (Å²) in [5, 5.41) is 3.07. The van der Waals surface area contributed by atoms with Gasteiger partial charge in [-0.15, -0.1) is 0 Å². The van der Waals surface area contributed by atoms with E-state index < -0.39 is 6.83 Å². The van der Waals surface area contributed by atoms with Crippen molar-refractivity contribution in [2.24, 2.45) is 0 Å². The van der Waals surface area contributed by atoms with Gasteiger partial charge in [0.2, 0.25) is 0 Å². The summed E-state index contributed by atoms with van der Waals surface area (Å²) in [5.41, 5.74) is 0. The third-order valence-corrected chi connectivity index (χ3v) is 10.0. The van der Waals surface area contributed by atoms with Crippen LogP contribution in [0, 0.1) is 0 Å². The first-order chi connectivity index (χ1) is 10.7. The van der Waals surface area contributed by atoms with Crippen LogP contribution in [0.3, 0.4) is 0 Å². The van der Waals surface area contributed by atoms with Crippen molar-refractivity contribution in [3.63, 3.8) is 0 Å². The zero-order valence-corrected chi connectivity index (χ0v) is 13.7. The van der Waals surface area contributed by atoms with Crippen molar-refractivity contribution in [3.8, 4) is 0 Å². The monoisotopic (exact) mass is 308 g/mol. The van der Waals surface area contributed by atoms with Crippen LogP contribution in [0.15, 0.2) is 91.0 Å². The molecular weight excluding hydrogens is 287 g/mol. The van der Waals surface area contributed by atoms with Crippen molar-refractivity contribution in [1.29, 1.82) is 0 Å². The molecule has 0 amide bonds. The number of benzene rings is 3. The summed E-state index contributed by atoms with van der Waals surface area (Å²) in [5.74, 6) is 0.